The molecule has 3 unspecified atom stereocenters. The van der Waals surface area contributed by atoms with Crippen molar-refractivity contribution in [2.24, 2.45) is 11.7 Å². The van der Waals surface area contributed by atoms with Crippen LogP contribution >= 0.6 is 11.6 Å². The largest absolute Gasteiger partial charge is 0.351 e. The summed E-state index contributed by atoms with van der Waals surface area (Å²) in [5.74, 6) is -0.132. The van der Waals surface area contributed by atoms with Crippen LogP contribution in [0.5, 0.6) is 0 Å². The predicted octanol–water partition coefficient (Wildman–Crippen LogP) is 2.09. The van der Waals surface area contributed by atoms with E-state index >= 15 is 0 Å². The number of amides is 2. The molecule has 0 spiro atoms. The molecule has 0 saturated heterocycles. The summed E-state index contributed by atoms with van der Waals surface area (Å²) in [6.07, 6.45) is 4.27. The molecule has 0 bridgehead atoms. The summed E-state index contributed by atoms with van der Waals surface area (Å²) in [6, 6.07) is 6.07. The fourth-order valence-corrected chi connectivity index (χ4v) is 3.06. The molecule has 23 heavy (non-hydrogen) atoms. The van der Waals surface area contributed by atoms with E-state index in [1.807, 2.05) is 0 Å². The fraction of sp³-hybridized carbons (Fsp3) is 0.529. The van der Waals surface area contributed by atoms with Gasteiger partial charge in [0.1, 0.15) is 6.04 Å². The summed E-state index contributed by atoms with van der Waals surface area (Å²) < 4.78 is 0. The lowest BCUT2D eigenvalue weighted by Crippen LogP contribution is -2.51. The Kier molecular flexibility index (Phi) is 6.42. The zero-order valence-corrected chi connectivity index (χ0v) is 14.1. The topological polar surface area (TPSA) is 84.2 Å². The van der Waals surface area contributed by atoms with Gasteiger partial charge in [0.25, 0.3) is 5.91 Å². The van der Waals surface area contributed by atoms with Gasteiger partial charge in [-0.25, -0.2) is 0 Å². The first-order valence-electron chi connectivity index (χ1n) is 8.08. The van der Waals surface area contributed by atoms with E-state index in [9.17, 15) is 9.59 Å². The number of rotatable bonds is 5. The lowest BCUT2D eigenvalue weighted by Gasteiger charge is -2.32. The average Bonchev–Trinajstić information content (AvgIpc) is 2.55. The molecule has 2 rings (SSSR count). The minimum atomic E-state index is -0.599. The van der Waals surface area contributed by atoms with Crippen molar-refractivity contribution in [1.29, 1.82) is 0 Å². The van der Waals surface area contributed by atoms with Gasteiger partial charge in [-0.1, -0.05) is 24.4 Å². The van der Waals surface area contributed by atoms with Gasteiger partial charge in [-0.15, -0.1) is 0 Å². The first-order chi connectivity index (χ1) is 11.0. The normalized spacial score (nSPS) is 22.2. The second-order valence-corrected chi connectivity index (χ2v) is 6.53. The maximum atomic E-state index is 12.3. The Hall–Kier alpha value is -1.59. The van der Waals surface area contributed by atoms with Crippen LogP contribution in [0.15, 0.2) is 24.3 Å². The van der Waals surface area contributed by atoms with Gasteiger partial charge in [0.15, 0.2) is 0 Å². The van der Waals surface area contributed by atoms with Crippen molar-refractivity contribution in [1.82, 2.24) is 10.6 Å². The highest BCUT2D eigenvalue weighted by molar-refractivity contribution is 6.30. The molecule has 2 amide bonds. The van der Waals surface area contributed by atoms with E-state index in [1.54, 1.807) is 31.2 Å². The Morgan fingerprint density at radius 3 is 2.57 bits per heavy atom. The van der Waals surface area contributed by atoms with Crippen LogP contribution in [0, 0.1) is 5.92 Å². The molecule has 5 nitrogen and oxygen atoms in total. The fourth-order valence-electron chi connectivity index (χ4n) is 2.93. The van der Waals surface area contributed by atoms with E-state index in [1.165, 1.54) is 0 Å². The summed E-state index contributed by atoms with van der Waals surface area (Å²) >= 11 is 5.80. The third-order valence-electron chi connectivity index (χ3n) is 4.39. The molecule has 126 valence electrons. The third-order valence-corrected chi connectivity index (χ3v) is 4.64. The molecule has 0 heterocycles. The summed E-state index contributed by atoms with van der Waals surface area (Å²) in [5, 5.41) is 6.31. The molecule has 0 aliphatic heterocycles. The molecule has 3 atom stereocenters. The minimum Gasteiger partial charge on any atom is -0.351 e. The molecule has 1 saturated carbocycles. The first kappa shape index (κ1) is 17.8. The van der Waals surface area contributed by atoms with Crippen LogP contribution in [-0.4, -0.2) is 30.4 Å². The molecule has 1 aliphatic carbocycles. The van der Waals surface area contributed by atoms with Crippen molar-refractivity contribution in [3.63, 3.8) is 0 Å². The summed E-state index contributed by atoms with van der Waals surface area (Å²) in [5.41, 5.74) is 6.26. The summed E-state index contributed by atoms with van der Waals surface area (Å²) in [6.45, 7) is 2.26. The number of hydrogen-bond donors (Lipinski definition) is 3. The molecule has 0 radical (unpaired) electrons. The zero-order chi connectivity index (χ0) is 16.8. The van der Waals surface area contributed by atoms with E-state index < -0.39 is 6.04 Å². The van der Waals surface area contributed by atoms with Gasteiger partial charge in [0.05, 0.1) is 0 Å². The van der Waals surface area contributed by atoms with Crippen molar-refractivity contribution in [2.75, 3.05) is 6.54 Å². The highest BCUT2D eigenvalue weighted by Crippen LogP contribution is 2.23. The van der Waals surface area contributed by atoms with Gasteiger partial charge in [0, 0.05) is 16.6 Å². The molecule has 6 heteroatoms. The number of halogens is 1. The highest BCUT2D eigenvalue weighted by atomic mass is 35.5. The van der Waals surface area contributed by atoms with Gasteiger partial charge < -0.3 is 16.4 Å². The lowest BCUT2D eigenvalue weighted by atomic mass is 9.84. The molecule has 1 aromatic rings. The van der Waals surface area contributed by atoms with Crippen LogP contribution in [0.25, 0.3) is 0 Å². The number of carbonyl (C=O) groups excluding carboxylic acids is 2. The predicted molar refractivity (Wildman–Crippen MR) is 91.3 cm³/mol. The number of nitrogens with two attached hydrogens (primary N) is 1. The molecular formula is C17H24ClN3O2. The van der Waals surface area contributed by atoms with Gasteiger partial charge in [-0.05, 0) is 56.5 Å². The number of nitrogens with one attached hydrogen (secondary N) is 2. The maximum Gasteiger partial charge on any atom is 0.251 e. The van der Waals surface area contributed by atoms with Crippen LogP contribution in [0.2, 0.25) is 5.02 Å². The Balaban J connectivity index is 1.89. The standard InChI is InChI=1S/C17H24ClN3O2/c1-11(20-17(23)12-6-8-14(18)9-7-12)16(22)21-15-5-3-2-4-13(15)10-19/h6-9,11,13,15H,2-5,10,19H2,1H3,(H,20,23)(H,21,22). The molecule has 1 fully saturated rings. The minimum absolute atomic E-state index is 0.108. The smallest absolute Gasteiger partial charge is 0.251 e. The Morgan fingerprint density at radius 2 is 1.91 bits per heavy atom. The van der Waals surface area contributed by atoms with Crippen molar-refractivity contribution in [3.8, 4) is 0 Å². The van der Waals surface area contributed by atoms with E-state index in [-0.39, 0.29) is 17.9 Å². The van der Waals surface area contributed by atoms with Crippen molar-refractivity contribution < 1.29 is 9.59 Å². The van der Waals surface area contributed by atoms with E-state index in [4.69, 9.17) is 17.3 Å². The Bertz CT molecular complexity index is 547. The third kappa shape index (κ3) is 4.94. The number of hydrogen-bond acceptors (Lipinski definition) is 3. The number of carbonyl (C=O) groups is 2. The van der Waals surface area contributed by atoms with Gasteiger partial charge in [-0.2, -0.15) is 0 Å². The Labute approximate surface area is 142 Å². The molecule has 1 aliphatic rings. The molecule has 0 aromatic heterocycles. The maximum absolute atomic E-state index is 12.3. The SMILES string of the molecule is CC(NC(=O)c1ccc(Cl)cc1)C(=O)NC1CCCCC1CN. The van der Waals surface area contributed by atoms with Gasteiger partial charge >= 0.3 is 0 Å². The van der Waals surface area contributed by atoms with Crippen LogP contribution < -0.4 is 16.4 Å². The molecule has 4 N–H and O–H groups in total. The monoisotopic (exact) mass is 337 g/mol. The molecule has 1 aromatic carbocycles. The second-order valence-electron chi connectivity index (χ2n) is 6.10. The van der Waals surface area contributed by atoms with E-state index in [0.717, 1.165) is 25.7 Å². The van der Waals surface area contributed by atoms with Crippen LogP contribution in [0.4, 0.5) is 0 Å². The molecular weight excluding hydrogens is 314 g/mol. The zero-order valence-electron chi connectivity index (χ0n) is 13.3. The first-order valence-corrected chi connectivity index (χ1v) is 8.46. The highest BCUT2D eigenvalue weighted by Gasteiger charge is 2.27. The van der Waals surface area contributed by atoms with Crippen molar-refractivity contribution in [3.05, 3.63) is 34.9 Å². The summed E-state index contributed by atoms with van der Waals surface area (Å²) in [4.78, 5) is 24.4. The number of benzene rings is 1. The Morgan fingerprint density at radius 1 is 1.26 bits per heavy atom. The van der Waals surface area contributed by atoms with Crippen molar-refractivity contribution in [2.45, 2.75) is 44.7 Å². The van der Waals surface area contributed by atoms with E-state index in [2.05, 4.69) is 10.6 Å². The van der Waals surface area contributed by atoms with Crippen LogP contribution in [0.3, 0.4) is 0 Å². The second kappa shape index (κ2) is 8.31. The lowest BCUT2D eigenvalue weighted by molar-refractivity contribution is -0.123. The van der Waals surface area contributed by atoms with Gasteiger partial charge in [0.2, 0.25) is 5.91 Å². The van der Waals surface area contributed by atoms with Crippen LogP contribution in [0.1, 0.15) is 43.0 Å². The summed E-state index contributed by atoms with van der Waals surface area (Å²) in [7, 11) is 0. The van der Waals surface area contributed by atoms with Crippen LogP contribution in [-0.2, 0) is 4.79 Å². The van der Waals surface area contributed by atoms with Crippen molar-refractivity contribution >= 4 is 23.4 Å². The van der Waals surface area contributed by atoms with Gasteiger partial charge in [-0.3, -0.25) is 9.59 Å². The quantitative estimate of drug-likeness (QED) is 0.769. The van der Waals surface area contributed by atoms with E-state index in [0.29, 0.717) is 23.0 Å². The average molecular weight is 338 g/mol.